The molecule has 0 aliphatic heterocycles. The number of benzene rings is 1. The van der Waals surface area contributed by atoms with Gasteiger partial charge in [-0.15, -0.1) is 0 Å². The highest BCUT2D eigenvalue weighted by Crippen LogP contribution is 2.31. The van der Waals surface area contributed by atoms with E-state index in [1.54, 1.807) is 18.2 Å². The molecule has 0 amide bonds. The highest BCUT2D eigenvalue weighted by atomic mass is 79.9. The topological polar surface area (TPSA) is 59.9 Å². The molecule has 0 radical (unpaired) electrons. The lowest BCUT2D eigenvalue weighted by Crippen LogP contribution is -2.00. The van der Waals surface area contributed by atoms with E-state index in [1.807, 2.05) is 0 Å². The smallest absolute Gasteiger partial charge is 0.165 e. The summed E-state index contributed by atoms with van der Waals surface area (Å²) in [5.41, 5.74) is 1.26. The van der Waals surface area contributed by atoms with E-state index in [4.69, 9.17) is 16.3 Å². The van der Waals surface area contributed by atoms with Crippen molar-refractivity contribution >= 4 is 50.1 Å². The fraction of sp³-hybridized carbons (Fsp3) is 0.0714. The van der Waals surface area contributed by atoms with Crippen molar-refractivity contribution in [1.82, 2.24) is 15.0 Å². The fourth-order valence-corrected chi connectivity index (χ4v) is 2.54. The molecule has 2 heterocycles. The van der Waals surface area contributed by atoms with Crippen molar-refractivity contribution in [2.24, 2.45) is 0 Å². The summed E-state index contributed by atoms with van der Waals surface area (Å²) in [6, 6.07) is 6.39. The van der Waals surface area contributed by atoms with E-state index in [0.717, 1.165) is 0 Å². The number of ether oxygens (including phenoxy) is 1. The summed E-state index contributed by atoms with van der Waals surface area (Å²) < 4.78 is 19.7. The number of halogens is 3. The number of anilines is 2. The van der Waals surface area contributed by atoms with Crippen LogP contribution < -0.4 is 10.1 Å². The minimum absolute atomic E-state index is 0.0270. The highest BCUT2D eigenvalue weighted by Gasteiger charge is 2.13. The van der Waals surface area contributed by atoms with Gasteiger partial charge in [-0.05, 0) is 28.1 Å². The van der Waals surface area contributed by atoms with Crippen LogP contribution in [0.15, 0.2) is 35.2 Å². The van der Waals surface area contributed by atoms with Gasteiger partial charge in [-0.25, -0.2) is 19.3 Å². The van der Waals surface area contributed by atoms with Gasteiger partial charge in [0.2, 0.25) is 0 Å². The molecule has 2 aromatic heterocycles. The third kappa shape index (κ3) is 2.69. The lowest BCUT2D eigenvalue weighted by molar-refractivity contribution is 0.410. The van der Waals surface area contributed by atoms with E-state index in [-0.39, 0.29) is 10.7 Å². The molecule has 5 nitrogen and oxygen atoms in total. The minimum atomic E-state index is -0.552. The SMILES string of the molecule is COc1cc2ncnc(Nc3cccc(Cl)c3F)c2nc1Br. The summed E-state index contributed by atoms with van der Waals surface area (Å²) in [4.78, 5) is 12.6. The fourth-order valence-electron chi connectivity index (χ4n) is 1.91. The van der Waals surface area contributed by atoms with Crippen LogP contribution in [0.4, 0.5) is 15.9 Å². The first-order valence-corrected chi connectivity index (χ1v) is 7.33. The Morgan fingerprint density at radius 2 is 2.14 bits per heavy atom. The molecule has 3 rings (SSSR count). The highest BCUT2D eigenvalue weighted by molar-refractivity contribution is 9.10. The van der Waals surface area contributed by atoms with Crippen LogP contribution in [0.5, 0.6) is 5.75 Å². The molecule has 0 unspecified atom stereocenters. The van der Waals surface area contributed by atoms with Crippen molar-refractivity contribution in [3.05, 3.63) is 46.0 Å². The number of fused-ring (bicyclic) bond motifs is 1. The van der Waals surface area contributed by atoms with E-state index < -0.39 is 5.82 Å². The maximum Gasteiger partial charge on any atom is 0.165 e. The molecule has 22 heavy (non-hydrogen) atoms. The van der Waals surface area contributed by atoms with Gasteiger partial charge >= 0.3 is 0 Å². The van der Waals surface area contributed by atoms with Crippen LogP contribution in [0.1, 0.15) is 0 Å². The van der Waals surface area contributed by atoms with Crippen LogP contribution in [0.3, 0.4) is 0 Å². The zero-order chi connectivity index (χ0) is 15.7. The van der Waals surface area contributed by atoms with Gasteiger partial charge in [0.1, 0.15) is 16.4 Å². The van der Waals surface area contributed by atoms with Gasteiger partial charge in [0, 0.05) is 6.07 Å². The van der Waals surface area contributed by atoms with Gasteiger partial charge < -0.3 is 10.1 Å². The molecule has 0 atom stereocenters. The maximum atomic E-state index is 14.0. The third-order valence-corrected chi connectivity index (χ3v) is 3.82. The Morgan fingerprint density at radius 3 is 2.91 bits per heavy atom. The number of hydrogen-bond acceptors (Lipinski definition) is 5. The molecule has 0 spiro atoms. The predicted octanol–water partition coefficient (Wildman–Crippen LogP) is 4.33. The zero-order valence-corrected chi connectivity index (χ0v) is 13.6. The molecule has 0 aliphatic carbocycles. The first-order chi connectivity index (χ1) is 10.6. The summed E-state index contributed by atoms with van der Waals surface area (Å²) in [5.74, 6) is 0.365. The number of rotatable bonds is 3. The molecule has 0 bridgehead atoms. The number of hydrogen-bond donors (Lipinski definition) is 1. The van der Waals surface area contributed by atoms with Crippen molar-refractivity contribution in [2.75, 3.05) is 12.4 Å². The average molecular weight is 384 g/mol. The molecule has 0 fully saturated rings. The number of pyridine rings is 1. The monoisotopic (exact) mass is 382 g/mol. The lowest BCUT2D eigenvalue weighted by atomic mass is 10.3. The molecule has 1 N–H and O–H groups in total. The normalized spacial score (nSPS) is 10.7. The quantitative estimate of drug-likeness (QED) is 0.682. The van der Waals surface area contributed by atoms with Gasteiger partial charge in [-0.1, -0.05) is 17.7 Å². The molecule has 1 aromatic carbocycles. The molecule has 0 saturated heterocycles. The predicted molar refractivity (Wildman–Crippen MR) is 86.3 cm³/mol. The van der Waals surface area contributed by atoms with Crippen molar-refractivity contribution in [2.45, 2.75) is 0 Å². The van der Waals surface area contributed by atoms with E-state index >= 15 is 0 Å². The first-order valence-electron chi connectivity index (χ1n) is 6.16. The Balaban J connectivity index is 2.11. The van der Waals surface area contributed by atoms with Gasteiger partial charge in [0.25, 0.3) is 0 Å². The van der Waals surface area contributed by atoms with E-state index in [0.29, 0.717) is 27.2 Å². The summed E-state index contributed by atoms with van der Waals surface area (Å²) in [7, 11) is 1.54. The third-order valence-electron chi connectivity index (χ3n) is 2.96. The molecule has 0 aliphatic rings. The van der Waals surface area contributed by atoms with Crippen LogP contribution in [-0.4, -0.2) is 22.1 Å². The number of nitrogens with zero attached hydrogens (tertiary/aromatic N) is 3. The van der Waals surface area contributed by atoms with Gasteiger partial charge in [-0.2, -0.15) is 0 Å². The van der Waals surface area contributed by atoms with Crippen LogP contribution in [-0.2, 0) is 0 Å². The first kappa shape index (κ1) is 14.9. The van der Waals surface area contributed by atoms with Gasteiger partial charge in [0.15, 0.2) is 17.4 Å². The van der Waals surface area contributed by atoms with E-state index in [9.17, 15) is 4.39 Å². The molecule has 112 valence electrons. The second-order valence-corrected chi connectivity index (χ2v) is 5.46. The summed E-state index contributed by atoms with van der Waals surface area (Å²) in [6.07, 6.45) is 1.36. The molecule has 0 saturated carbocycles. The Kier molecular flexibility index (Phi) is 4.08. The van der Waals surface area contributed by atoms with Crippen molar-refractivity contribution in [1.29, 1.82) is 0 Å². The van der Waals surface area contributed by atoms with E-state index in [2.05, 4.69) is 36.2 Å². The van der Waals surface area contributed by atoms with Crippen LogP contribution >= 0.6 is 27.5 Å². The second kappa shape index (κ2) is 6.02. The Morgan fingerprint density at radius 1 is 1.32 bits per heavy atom. The number of aromatic nitrogens is 3. The molecule has 8 heteroatoms. The van der Waals surface area contributed by atoms with Gasteiger partial charge in [0.05, 0.1) is 23.3 Å². The Bertz CT molecular complexity index is 862. The Labute approximate surface area is 138 Å². The van der Waals surface area contributed by atoms with Crippen LogP contribution in [0.25, 0.3) is 11.0 Å². The minimum Gasteiger partial charge on any atom is -0.494 e. The van der Waals surface area contributed by atoms with Crippen molar-refractivity contribution in [3.8, 4) is 5.75 Å². The molecule has 3 aromatic rings. The summed E-state index contributed by atoms with van der Waals surface area (Å²) >= 11 is 9.08. The van der Waals surface area contributed by atoms with Crippen molar-refractivity contribution < 1.29 is 9.13 Å². The van der Waals surface area contributed by atoms with Crippen LogP contribution in [0.2, 0.25) is 5.02 Å². The number of methoxy groups -OCH3 is 1. The number of nitrogens with one attached hydrogen (secondary N) is 1. The maximum absolute atomic E-state index is 14.0. The lowest BCUT2D eigenvalue weighted by Gasteiger charge is -2.10. The van der Waals surface area contributed by atoms with Gasteiger partial charge in [-0.3, -0.25) is 0 Å². The summed E-state index contributed by atoms with van der Waals surface area (Å²) in [5, 5.41) is 2.91. The average Bonchev–Trinajstić information content (AvgIpc) is 2.52. The Hall–Kier alpha value is -1.99. The van der Waals surface area contributed by atoms with E-state index in [1.165, 1.54) is 19.5 Å². The molecular formula is C14H9BrClFN4O. The zero-order valence-electron chi connectivity index (χ0n) is 11.3. The second-order valence-electron chi connectivity index (χ2n) is 4.30. The largest absolute Gasteiger partial charge is 0.494 e. The molecular weight excluding hydrogens is 375 g/mol. The van der Waals surface area contributed by atoms with Crippen LogP contribution in [0, 0.1) is 5.82 Å². The van der Waals surface area contributed by atoms with Crippen molar-refractivity contribution in [3.63, 3.8) is 0 Å². The summed E-state index contributed by atoms with van der Waals surface area (Å²) in [6.45, 7) is 0. The standard InChI is InChI=1S/C14H9BrClFN4O/c1-22-10-5-9-12(21-13(10)15)14(19-6-18-9)20-8-4-2-3-7(16)11(8)17/h2-6H,1H3,(H,18,19,20).